The number of carbonyl (C=O) groups is 1. The monoisotopic (exact) mass is 267 g/mol. The molecule has 0 radical (unpaired) electrons. The number of nitrogens with zero attached hydrogens (tertiary/aromatic N) is 1. The van der Waals surface area contributed by atoms with Crippen molar-refractivity contribution in [1.82, 2.24) is 15.6 Å². The van der Waals surface area contributed by atoms with Crippen LogP contribution >= 0.6 is 11.3 Å². The molecule has 5 heteroatoms. The van der Waals surface area contributed by atoms with E-state index in [4.69, 9.17) is 0 Å². The van der Waals surface area contributed by atoms with Crippen LogP contribution in [0, 0.1) is 5.41 Å². The average molecular weight is 267 g/mol. The van der Waals surface area contributed by atoms with Gasteiger partial charge in [0.05, 0.1) is 17.7 Å². The normalized spacial score (nSPS) is 17.6. The first-order chi connectivity index (χ1) is 8.74. The number of thiazole rings is 1. The van der Waals surface area contributed by atoms with Gasteiger partial charge in [0.15, 0.2) is 0 Å². The van der Waals surface area contributed by atoms with E-state index < -0.39 is 0 Å². The number of hydrogen-bond donors (Lipinski definition) is 2. The summed E-state index contributed by atoms with van der Waals surface area (Å²) in [5.74, 6) is 0. The van der Waals surface area contributed by atoms with Crippen LogP contribution in [0.25, 0.3) is 0 Å². The molecule has 100 valence electrons. The second-order valence-electron chi connectivity index (χ2n) is 5.08. The Labute approximate surface area is 112 Å². The van der Waals surface area contributed by atoms with Crippen LogP contribution in [0.2, 0.25) is 0 Å². The number of amides is 2. The van der Waals surface area contributed by atoms with Crippen LogP contribution in [-0.2, 0) is 6.54 Å². The molecular formula is C13H21N3OS. The van der Waals surface area contributed by atoms with Crippen LogP contribution in [0.3, 0.4) is 0 Å². The van der Waals surface area contributed by atoms with Crippen molar-refractivity contribution < 1.29 is 4.79 Å². The van der Waals surface area contributed by atoms with Crippen molar-refractivity contribution in [1.29, 1.82) is 0 Å². The maximum atomic E-state index is 11.7. The highest BCUT2D eigenvalue weighted by molar-refractivity contribution is 7.07. The molecule has 0 saturated heterocycles. The van der Waals surface area contributed by atoms with Gasteiger partial charge in [0.25, 0.3) is 0 Å². The van der Waals surface area contributed by atoms with Gasteiger partial charge in [-0.15, -0.1) is 11.3 Å². The molecule has 2 rings (SSSR count). The van der Waals surface area contributed by atoms with Gasteiger partial charge in [0.2, 0.25) is 0 Å². The lowest BCUT2D eigenvalue weighted by Crippen LogP contribution is -2.41. The third-order valence-corrected chi connectivity index (χ3v) is 4.59. The van der Waals surface area contributed by atoms with E-state index in [1.807, 2.05) is 5.38 Å². The minimum atomic E-state index is -0.0808. The Morgan fingerprint density at radius 2 is 2.22 bits per heavy atom. The fourth-order valence-corrected chi connectivity index (χ4v) is 3.16. The van der Waals surface area contributed by atoms with Gasteiger partial charge in [-0.25, -0.2) is 9.78 Å². The summed E-state index contributed by atoms with van der Waals surface area (Å²) < 4.78 is 0. The lowest BCUT2D eigenvalue weighted by atomic mass is 9.83. The van der Waals surface area contributed by atoms with Crippen LogP contribution in [0.1, 0.15) is 44.7 Å². The average Bonchev–Trinajstić information content (AvgIpc) is 3.06. The molecule has 1 heterocycles. The number of nitrogens with one attached hydrogen (secondary N) is 2. The summed E-state index contributed by atoms with van der Waals surface area (Å²) >= 11 is 1.55. The third-order valence-electron chi connectivity index (χ3n) is 3.95. The van der Waals surface area contributed by atoms with Gasteiger partial charge in [-0.05, 0) is 24.7 Å². The SMILES string of the molecule is CCC1(CNC(=O)NCc2cscn2)CCCC1. The van der Waals surface area contributed by atoms with E-state index in [0.29, 0.717) is 12.0 Å². The Hall–Kier alpha value is -1.10. The quantitative estimate of drug-likeness (QED) is 0.862. The molecule has 2 N–H and O–H groups in total. The number of urea groups is 1. The van der Waals surface area contributed by atoms with E-state index in [2.05, 4.69) is 22.5 Å². The maximum Gasteiger partial charge on any atom is 0.315 e. The molecule has 1 saturated carbocycles. The number of rotatable bonds is 5. The van der Waals surface area contributed by atoms with E-state index in [-0.39, 0.29) is 6.03 Å². The fraction of sp³-hybridized carbons (Fsp3) is 0.692. The van der Waals surface area contributed by atoms with E-state index in [0.717, 1.165) is 18.7 Å². The Morgan fingerprint density at radius 3 is 2.83 bits per heavy atom. The summed E-state index contributed by atoms with van der Waals surface area (Å²) in [6.45, 7) is 3.53. The molecule has 0 unspecified atom stereocenters. The van der Waals surface area contributed by atoms with Crippen LogP contribution < -0.4 is 10.6 Å². The van der Waals surface area contributed by atoms with Crippen molar-refractivity contribution in [2.24, 2.45) is 5.41 Å². The summed E-state index contributed by atoms with van der Waals surface area (Å²) in [4.78, 5) is 15.8. The summed E-state index contributed by atoms with van der Waals surface area (Å²) in [5, 5.41) is 7.80. The molecular weight excluding hydrogens is 246 g/mol. The van der Waals surface area contributed by atoms with Crippen molar-refractivity contribution >= 4 is 17.4 Å². The summed E-state index contributed by atoms with van der Waals surface area (Å²) in [5.41, 5.74) is 3.04. The van der Waals surface area contributed by atoms with E-state index in [1.54, 1.807) is 16.8 Å². The van der Waals surface area contributed by atoms with E-state index >= 15 is 0 Å². The molecule has 0 aromatic carbocycles. The molecule has 0 spiro atoms. The molecule has 1 fully saturated rings. The van der Waals surface area contributed by atoms with Crippen molar-refractivity contribution in [2.45, 2.75) is 45.6 Å². The molecule has 18 heavy (non-hydrogen) atoms. The largest absolute Gasteiger partial charge is 0.338 e. The molecule has 0 aliphatic heterocycles. The molecule has 2 amide bonds. The smallest absolute Gasteiger partial charge is 0.315 e. The van der Waals surface area contributed by atoms with Gasteiger partial charge in [-0.2, -0.15) is 0 Å². The number of carbonyl (C=O) groups excluding carboxylic acids is 1. The Kier molecular flexibility index (Phi) is 4.58. The first kappa shape index (κ1) is 13.3. The second-order valence-corrected chi connectivity index (χ2v) is 5.80. The topological polar surface area (TPSA) is 54.0 Å². The zero-order chi connectivity index (χ0) is 12.8. The fourth-order valence-electron chi connectivity index (χ4n) is 2.61. The Morgan fingerprint density at radius 1 is 1.44 bits per heavy atom. The highest BCUT2D eigenvalue weighted by Gasteiger charge is 2.32. The number of hydrogen-bond acceptors (Lipinski definition) is 3. The van der Waals surface area contributed by atoms with Gasteiger partial charge >= 0.3 is 6.03 Å². The first-order valence-corrected chi connectivity index (χ1v) is 7.57. The van der Waals surface area contributed by atoms with E-state index in [1.165, 1.54) is 25.7 Å². The molecule has 0 atom stereocenters. The van der Waals surface area contributed by atoms with Crippen LogP contribution in [-0.4, -0.2) is 17.6 Å². The standard InChI is InChI=1S/C13H21N3OS/c1-2-13(5-3-4-6-13)9-15-12(17)14-7-11-8-18-10-16-11/h8,10H,2-7,9H2,1H3,(H2,14,15,17). The van der Waals surface area contributed by atoms with Crippen molar-refractivity contribution in [3.63, 3.8) is 0 Å². The van der Waals surface area contributed by atoms with Crippen LogP contribution in [0.5, 0.6) is 0 Å². The Balaban J connectivity index is 1.71. The lowest BCUT2D eigenvalue weighted by Gasteiger charge is -2.27. The zero-order valence-corrected chi connectivity index (χ0v) is 11.7. The summed E-state index contributed by atoms with van der Waals surface area (Å²) in [6.07, 6.45) is 6.25. The van der Waals surface area contributed by atoms with Gasteiger partial charge < -0.3 is 10.6 Å². The second kappa shape index (κ2) is 6.18. The van der Waals surface area contributed by atoms with Crippen molar-refractivity contribution in [2.75, 3.05) is 6.54 Å². The lowest BCUT2D eigenvalue weighted by molar-refractivity contribution is 0.224. The molecule has 1 aromatic rings. The van der Waals surface area contributed by atoms with Crippen molar-refractivity contribution in [3.8, 4) is 0 Å². The molecule has 1 aliphatic carbocycles. The van der Waals surface area contributed by atoms with Crippen LogP contribution in [0.4, 0.5) is 4.79 Å². The van der Waals surface area contributed by atoms with Crippen LogP contribution in [0.15, 0.2) is 10.9 Å². The predicted octanol–water partition coefficient (Wildman–Crippen LogP) is 2.91. The zero-order valence-electron chi connectivity index (χ0n) is 10.9. The summed E-state index contributed by atoms with van der Waals surface area (Å²) in [7, 11) is 0. The number of aromatic nitrogens is 1. The first-order valence-electron chi connectivity index (χ1n) is 6.63. The minimum absolute atomic E-state index is 0.0808. The molecule has 0 bridgehead atoms. The third kappa shape index (κ3) is 3.45. The maximum absolute atomic E-state index is 11.7. The summed E-state index contributed by atoms with van der Waals surface area (Å²) in [6, 6.07) is -0.0808. The molecule has 4 nitrogen and oxygen atoms in total. The van der Waals surface area contributed by atoms with Gasteiger partial charge in [0, 0.05) is 11.9 Å². The van der Waals surface area contributed by atoms with E-state index in [9.17, 15) is 4.79 Å². The van der Waals surface area contributed by atoms with Gasteiger partial charge in [0.1, 0.15) is 0 Å². The van der Waals surface area contributed by atoms with Gasteiger partial charge in [-0.1, -0.05) is 19.8 Å². The van der Waals surface area contributed by atoms with Crippen molar-refractivity contribution in [3.05, 3.63) is 16.6 Å². The predicted molar refractivity (Wildman–Crippen MR) is 73.5 cm³/mol. The molecule has 1 aromatic heterocycles. The van der Waals surface area contributed by atoms with Gasteiger partial charge in [-0.3, -0.25) is 0 Å². The highest BCUT2D eigenvalue weighted by atomic mass is 32.1. The molecule has 1 aliphatic rings. The highest BCUT2D eigenvalue weighted by Crippen LogP contribution is 2.40. The minimum Gasteiger partial charge on any atom is -0.338 e. The Bertz CT molecular complexity index is 372.